The maximum Gasteiger partial charge on any atom is 0.333 e. The summed E-state index contributed by atoms with van der Waals surface area (Å²) in [5.41, 5.74) is 0. The number of rotatable bonds is 11. The van der Waals surface area contributed by atoms with Gasteiger partial charge in [-0.3, -0.25) is 0 Å². The van der Waals surface area contributed by atoms with E-state index in [4.69, 9.17) is 5.11 Å². The van der Waals surface area contributed by atoms with Crippen LogP contribution in [0, 0.1) is 0 Å². The molecule has 0 saturated carbocycles. The quantitative estimate of drug-likeness (QED) is 0.261. The number of carbonyl (C=O) groups is 2. The number of aliphatic hydroxyl groups is 1. The third-order valence-electron chi connectivity index (χ3n) is 2.67. The Hall–Kier alpha value is -1.36. The van der Waals surface area contributed by atoms with Gasteiger partial charge in [0.2, 0.25) is 6.29 Å². The minimum atomic E-state index is -1.22. The predicted octanol–water partition coefficient (Wildman–Crippen LogP) is 2.63. The Morgan fingerprint density at radius 2 is 1.63 bits per heavy atom. The molecule has 0 aromatic heterocycles. The first-order chi connectivity index (χ1) is 9.06. The Labute approximate surface area is 114 Å². The van der Waals surface area contributed by atoms with E-state index in [1.807, 2.05) is 0 Å². The second-order valence-corrected chi connectivity index (χ2v) is 4.47. The van der Waals surface area contributed by atoms with Crippen LogP contribution >= 0.6 is 0 Å². The van der Waals surface area contributed by atoms with Gasteiger partial charge in [0.25, 0.3) is 0 Å². The third kappa shape index (κ3) is 12.9. The summed E-state index contributed by atoms with van der Waals surface area (Å²) in [6, 6.07) is 0. The molecule has 5 nitrogen and oxygen atoms in total. The number of hydrogen-bond acceptors (Lipinski definition) is 4. The van der Waals surface area contributed by atoms with Crippen molar-refractivity contribution in [2.75, 3.05) is 0 Å². The molecule has 0 aliphatic carbocycles. The molecule has 0 aromatic rings. The number of esters is 1. The molecular formula is C14H24O5. The van der Waals surface area contributed by atoms with Gasteiger partial charge in [0, 0.05) is 18.6 Å². The highest BCUT2D eigenvalue weighted by Gasteiger charge is 2.08. The van der Waals surface area contributed by atoms with Crippen molar-refractivity contribution < 1.29 is 24.5 Å². The van der Waals surface area contributed by atoms with Gasteiger partial charge in [-0.1, -0.05) is 45.4 Å². The van der Waals surface area contributed by atoms with Crippen LogP contribution in [0.2, 0.25) is 0 Å². The topological polar surface area (TPSA) is 83.8 Å². The number of carboxylic acid groups (broad SMARTS) is 1. The number of aliphatic hydroxyl groups excluding tert-OH is 1. The number of carboxylic acids is 1. The van der Waals surface area contributed by atoms with Gasteiger partial charge in [-0.15, -0.1) is 0 Å². The standard InChI is InChI=1S/C14H24O5/c1-2-3-4-5-6-7-8-9-13(17)19-14(18)11-10-12(15)16/h10-11,13,17H,2-9H2,1H3,(H,15,16)/b11-10+. The van der Waals surface area contributed by atoms with Crippen molar-refractivity contribution in [2.24, 2.45) is 0 Å². The van der Waals surface area contributed by atoms with Gasteiger partial charge in [0.05, 0.1) is 0 Å². The van der Waals surface area contributed by atoms with E-state index in [1.165, 1.54) is 25.7 Å². The molecule has 0 spiro atoms. The van der Waals surface area contributed by atoms with Crippen LogP contribution in [0.25, 0.3) is 0 Å². The second kappa shape index (κ2) is 11.7. The van der Waals surface area contributed by atoms with E-state index in [1.54, 1.807) is 0 Å². The van der Waals surface area contributed by atoms with Gasteiger partial charge in [-0.2, -0.15) is 0 Å². The highest BCUT2D eigenvalue weighted by molar-refractivity contribution is 5.90. The average Bonchev–Trinajstić information content (AvgIpc) is 2.35. The fourth-order valence-electron chi connectivity index (χ4n) is 1.65. The Morgan fingerprint density at radius 1 is 1.05 bits per heavy atom. The number of aliphatic carboxylic acids is 1. The van der Waals surface area contributed by atoms with Gasteiger partial charge >= 0.3 is 11.9 Å². The van der Waals surface area contributed by atoms with E-state index >= 15 is 0 Å². The lowest BCUT2D eigenvalue weighted by atomic mass is 10.1. The molecular weight excluding hydrogens is 248 g/mol. The van der Waals surface area contributed by atoms with E-state index in [0.29, 0.717) is 12.5 Å². The maximum absolute atomic E-state index is 11.0. The first kappa shape index (κ1) is 17.6. The van der Waals surface area contributed by atoms with Crippen LogP contribution in [0.4, 0.5) is 0 Å². The molecule has 0 rings (SSSR count). The minimum Gasteiger partial charge on any atom is -0.478 e. The van der Waals surface area contributed by atoms with Crippen molar-refractivity contribution in [2.45, 2.75) is 64.6 Å². The van der Waals surface area contributed by atoms with Gasteiger partial charge in [0.1, 0.15) is 0 Å². The van der Waals surface area contributed by atoms with Crippen LogP contribution < -0.4 is 0 Å². The molecule has 1 unspecified atom stereocenters. The molecule has 110 valence electrons. The summed E-state index contributed by atoms with van der Waals surface area (Å²) < 4.78 is 4.61. The first-order valence-electron chi connectivity index (χ1n) is 6.86. The highest BCUT2D eigenvalue weighted by Crippen LogP contribution is 2.10. The van der Waals surface area contributed by atoms with Gasteiger partial charge in [0.15, 0.2) is 0 Å². The first-order valence-corrected chi connectivity index (χ1v) is 6.86. The molecule has 5 heteroatoms. The molecule has 0 aliphatic heterocycles. The van der Waals surface area contributed by atoms with Gasteiger partial charge in [-0.05, 0) is 6.42 Å². The van der Waals surface area contributed by atoms with Crippen LogP contribution in [0.3, 0.4) is 0 Å². The number of carbonyl (C=O) groups excluding carboxylic acids is 1. The summed E-state index contributed by atoms with van der Waals surface area (Å²) in [4.78, 5) is 21.2. The summed E-state index contributed by atoms with van der Waals surface area (Å²) in [6.07, 6.45) is 8.56. The lowest BCUT2D eigenvalue weighted by molar-refractivity contribution is -0.162. The summed E-state index contributed by atoms with van der Waals surface area (Å²) in [6.45, 7) is 2.17. The zero-order chi connectivity index (χ0) is 14.5. The molecule has 0 aromatic carbocycles. The Morgan fingerprint density at radius 3 is 2.21 bits per heavy atom. The number of unbranched alkanes of at least 4 members (excludes halogenated alkanes) is 6. The molecule has 1 atom stereocenters. The van der Waals surface area contributed by atoms with E-state index in [2.05, 4.69) is 11.7 Å². The van der Waals surface area contributed by atoms with Crippen LogP contribution in [-0.4, -0.2) is 28.4 Å². The molecule has 0 aliphatic rings. The molecule has 19 heavy (non-hydrogen) atoms. The highest BCUT2D eigenvalue weighted by atomic mass is 16.6. The summed E-state index contributed by atoms with van der Waals surface area (Å²) in [5.74, 6) is -2.06. The van der Waals surface area contributed by atoms with Gasteiger partial charge < -0.3 is 14.9 Å². The molecule has 0 fully saturated rings. The largest absolute Gasteiger partial charge is 0.478 e. The van der Waals surface area contributed by atoms with Crippen LogP contribution in [-0.2, 0) is 14.3 Å². The van der Waals surface area contributed by atoms with Crippen molar-refractivity contribution in [3.63, 3.8) is 0 Å². The van der Waals surface area contributed by atoms with E-state index in [9.17, 15) is 14.7 Å². The maximum atomic E-state index is 11.0. The molecule has 0 heterocycles. The van der Waals surface area contributed by atoms with Crippen LogP contribution in [0.1, 0.15) is 58.3 Å². The zero-order valence-electron chi connectivity index (χ0n) is 11.5. The SMILES string of the molecule is CCCCCCCCCC(O)OC(=O)/C=C/C(=O)O. The summed E-state index contributed by atoms with van der Waals surface area (Å²) >= 11 is 0. The zero-order valence-corrected chi connectivity index (χ0v) is 11.5. The molecule has 0 saturated heterocycles. The second-order valence-electron chi connectivity index (χ2n) is 4.47. The van der Waals surface area contributed by atoms with E-state index < -0.39 is 18.2 Å². The van der Waals surface area contributed by atoms with Crippen molar-refractivity contribution in [1.29, 1.82) is 0 Å². The lowest BCUT2D eigenvalue weighted by Gasteiger charge is -2.10. The Balaban J connectivity index is 3.51. The lowest BCUT2D eigenvalue weighted by Crippen LogP contribution is -2.16. The average molecular weight is 272 g/mol. The molecule has 0 radical (unpaired) electrons. The van der Waals surface area contributed by atoms with Crippen molar-refractivity contribution in [3.8, 4) is 0 Å². The van der Waals surface area contributed by atoms with Crippen LogP contribution in [0.5, 0.6) is 0 Å². The summed E-state index contributed by atoms with van der Waals surface area (Å²) in [5, 5.41) is 17.7. The monoisotopic (exact) mass is 272 g/mol. The predicted molar refractivity (Wildman–Crippen MR) is 71.5 cm³/mol. The van der Waals surface area contributed by atoms with E-state index in [-0.39, 0.29) is 0 Å². The fourth-order valence-corrected chi connectivity index (χ4v) is 1.65. The van der Waals surface area contributed by atoms with Crippen molar-refractivity contribution >= 4 is 11.9 Å². The summed E-state index contributed by atoms with van der Waals surface area (Å²) in [7, 11) is 0. The Kier molecular flexibility index (Phi) is 10.9. The normalized spacial score (nSPS) is 12.5. The fraction of sp³-hybridized carbons (Fsp3) is 0.714. The Bertz CT molecular complexity index is 286. The molecule has 0 bridgehead atoms. The van der Waals surface area contributed by atoms with Crippen molar-refractivity contribution in [1.82, 2.24) is 0 Å². The minimum absolute atomic E-state index is 0.389. The van der Waals surface area contributed by atoms with Crippen molar-refractivity contribution in [3.05, 3.63) is 12.2 Å². The molecule has 0 amide bonds. The number of hydrogen-bond donors (Lipinski definition) is 2. The van der Waals surface area contributed by atoms with E-state index in [0.717, 1.165) is 25.3 Å². The smallest absolute Gasteiger partial charge is 0.333 e. The third-order valence-corrected chi connectivity index (χ3v) is 2.67. The molecule has 2 N–H and O–H groups in total. The van der Waals surface area contributed by atoms with Gasteiger partial charge in [-0.25, -0.2) is 9.59 Å². The van der Waals surface area contributed by atoms with Crippen LogP contribution in [0.15, 0.2) is 12.2 Å². The number of ether oxygens (including phenoxy) is 1.